The third-order valence-corrected chi connectivity index (χ3v) is 4.41. The van der Waals surface area contributed by atoms with Crippen molar-refractivity contribution in [3.05, 3.63) is 59.8 Å². The van der Waals surface area contributed by atoms with E-state index in [1.54, 1.807) is 6.20 Å². The van der Waals surface area contributed by atoms with Crippen molar-refractivity contribution in [2.45, 2.75) is 44.8 Å². The van der Waals surface area contributed by atoms with Crippen LogP contribution >= 0.6 is 0 Å². The van der Waals surface area contributed by atoms with Crippen LogP contribution in [0.25, 0.3) is 0 Å². The van der Waals surface area contributed by atoms with E-state index in [2.05, 4.69) is 27.4 Å². The topological polar surface area (TPSA) is 72.5 Å². The minimum Gasteiger partial charge on any atom is -0.474 e. The molecule has 1 heterocycles. The van der Waals surface area contributed by atoms with E-state index in [1.165, 1.54) is 18.4 Å². The Morgan fingerprint density at radius 2 is 1.96 bits per heavy atom. The predicted octanol–water partition coefficient (Wildman–Crippen LogP) is 3.05. The van der Waals surface area contributed by atoms with E-state index in [0.29, 0.717) is 24.5 Å². The monoisotopic (exact) mass is 338 g/mol. The number of ether oxygens (including phenoxy) is 1. The Kier molecular flexibility index (Phi) is 6.26. The molecule has 2 aromatic rings. The SMILES string of the molecule is NC(=NCc1cccnc1OC1CCCC1)NCCc1ccccc1. The van der Waals surface area contributed by atoms with Crippen LogP contribution in [0.4, 0.5) is 0 Å². The fourth-order valence-electron chi connectivity index (χ4n) is 3.02. The molecular formula is C20H26N4O. The van der Waals surface area contributed by atoms with Crippen LogP contribution in [0.3, 0.4) is 0 Å². The Hall–Kier alpha value is -2.56. The van der Waals surface area contributed by atoms with Gasteiger partial charge in [0, 0.05) is 18.3 Å². The molecule has 0 atom stereocenters. The van der Waals surface area contributed by atoms with Gasteiger partial charge in [0.15, 0.2) is 5.96 Å². The van der Waals surface area contributed by atoms with E-state index in [-0.39, 0.29) is 0 Å². The number of pyridine rings is 1. The van der Waals surface area contributed by atoms with Crippen LogP contribution in [0.5, 0.6) is 5.88 Å². The molecule has 3 N–H and O–H groups in total. The van der Waals surface area contributed by atoms with Crippen LogP contribution in [-0.4, -0.2) is 23.6 Å². The van der Waals surface area contributed by atoms with Crippen molar-refractivity contribution in [3.63, 3.8) is 0 Å². The van der Waals surface area contributed by atoms with Gasteiger partial charge in [-0.2, -0.15) is 0 Å². The molecule has 0 amide bonds. The van der Waals surface area contributed by atoms with E-state index in [1.807, 2.05) is 30.3 Å². The lowest BCUT2D eigenvalue weighted by Gasteiger charge is -2.14. The van der Waals surface area contributed by atoms with Crippen LogP contribution in [0.2, 0.25) is 0 Å². The minimum atomic E-state index is 0.291. The molecule has 0 radical (unpaired) electrons. The zero-order valence-electron chi connectivity index (χ0n) is 14.5. The first-order valence-electron chi connectivity index (χ1n) is 8.99. The molecule has 1 aliphatic carbocycles. The predicted molar refractivity (Wildman–Crippen MR) is 101 cm³/mol. The number of aliphatic imine (C=N–C) groups is 1. The second-order valence-corrected chi connectivity index (χ2v) is 6.36. The highest BCUT2D eigenvalue weighted by atomic mass is 16.5. The Bertz CT molecular complexity index is 681. The van der Waals surface area contributed by atoms with Gasteiger partial charge in [-0.25, -0.2) is 9.98 Å². The molecule has 0 spiro atoms. The van der Waals surface area contributed by atoms with Gasteiger partial charge in [0.25, 0.3) is 0 Å². The number of hydrogen-bond acceptors (Lipinski definition) is 3. The fourth-order valence-corrected chi connectivity index (χ4v) is 3.02. The molecule has 1 aromatic heterocycles. The zero-order chi connectivity index (χ0) is 17.3. The molecule has 1 aromatic carbocycles. The quantitative estimate of drug-likeness (QED) is 0.601. The van der Waals surface area contributed by atoms with E-state index >= 15 is 0 Å². The number of aromatic nitrogens is 1. The third kappa shape index (κ3) is 5.48. The van der Waals surface area contributed by atoms with E-state index in [4.69, 9.17) is 10.5 Å². The summed E-state index contributed by atoms with van der Waals surface area (Å²) in [4.78, 5) is 8.79. The number of nitrogens with two attached hydrogens (primary N) is 1. The molecule has 3 rings (SSSR count). The highest BCUT2D eigenvalue weighted by Crippen LogP contribution is 2.25. The molecule has 25 heavy (non-hydrogen) atoms. The van der Waals surface area contributed by atoms with Crippen molar-refractivity contribution in [1.82, 2.24) is 10.3 Å². The summed E-state index contributed by atoms with van der Waals surface area (Å²) in [5.41, 5.74) is 8.23. The van der Waals surface area contributed by atoms with Crippen LogP contribution in [0.1, 0.15) is 36.8 Å². The zero-order valence-corrected chi connectivity index (χ0v) is 14.5. The number of nitrogens with zero attached hydrogens (tertiary/aromatic N) is 2. The van der Waals surface area contributed by atoms with Gasteiger partial charge in [0.05, 0.1) is 6.54 Å². The van der Waals surface area contributed by atoms with Crippen molar-refractivity contribution in [2.75, 3.05) is 6.54 Å². The number of rotatable bonds is 7. The van der Waals surface area contributed by atoms with Crippen LogP contribution in [-0.2, 0) is 13.0 Å². The average Bonchev–Trinajstić information content (AvgIpc) is 3.15. The second kappa shape index (κ2) is 9.06. The largest absolute Gasteiger partial charge is 0.474 e. The molecule has 0 saturated heterocycles. The molecule has 5 heteroatoms. The van der Waals surface area contributed by atoms with Gasteiger partial charge in [0.1, 0.15) is 6.10 Å². The normalized spacial score (nSPS) is 15.3. The maximum Gasteiger partial charge on any atom is 0.218 e. The Labute approximate surface area is 149 Å². The first kappa shape index (κ1) is 17.3. The summed E-state index contributed by atoms with van der Waals surface area (Å²) in [5.74, 6) is 1.14. The number of guanidine groups is 1. The van der Waals surface area contributed by atoms with E-state index < -0.39 is 0 Å². The second-order valence-electron chi connectivity index (χ2n) is 6.36. The van der Waals surface area contributed by atoms with Crippen molar-refractivity contribution in [1.29, 1.82) is 0 Å². The van der Waals surface area contributed by atoms with Gasteiger partial charge >= 0.3 is 0 Å². The third-order valence-electron chi connectivity index (χ3n) is 4.41. The van der Waals surface area contributed by atoms with Gasteiger partial charge < -0.3 is 15.8 Å². The summed E-state index contributed by atoms with van der Waals surface area (Å²) in [6, 6.07) is 14.2. The summed E-state index contributed by atoms with van der Waals surface area (Å²) < 4.78 is 6.04. The van der Waals surface area contributed by atoms with Gasteiger partial charge in [0.2, 0.25) is 5.88 Å². The first-order chi connectivity index (χ1) is 12.3. The van der Waals surface area contributed by atoms with Gasteiger partial charge in [-0.1, -0.05) is 36.4 Å². The Morgan fingerprint density at radius 1 is 1.16 bits per heavy atom. The van der Waals surface area contributed by atoms with Crippen molar-refractivity contribution in [3.8, 4) is 5.88 Å². The fraction of sp³-hybridized carbons (Fsp3) is 0.400. The first-order valence-corrected chi connectivity index (χ1v) is 8.99. The molecule has 0 bridgehead atoms. The smallest absolute Gasteiger partial charge is 0.218 e. The lowest BCUT2D eigenvalue weighted by Crippen LogP contribution is -2.33. The van der Waals surface area contributed by atoms with Crippen LogP contribution < -0.4 is 15.8 Å². The highest BCUT2D eigenvalue weighted by Gasteiger charge is 2.18. The lowest BCUT2D eigenvalue weighted by atomic mass is 10.1. The van der Waals surface area contributed by atoms with Gasteiger partial charge in [-0.3, -0.25) is 0 Å². The maximum atomic E-state index is 6.04. The summed E-state index contributed by atoms with van der Waals surface area (Å²) in [6.45, 7) is 1.23. The Morgan fingerprint density at radius 3 is 2.76 bits per heavy atom. The molecule has 1 saturated carbocycles. The van der Waals surface area contributed by atoms with E-state index in [0.717, 1.165) is 31.4 Å². The van der Waals surface area contributed by atoms with Crippen LogP contribution in [0, 0.1) is 0 Å². The molecular weight excluding hydrogens is 312 g/mol. The molecule has 5 nitrogen and oxygen atoms in total. The van der Waals surface area contributed by atoms with Gasteiger partial charge in [-0.15, -0.1) is 0 Å². The summed E-state index contributed by atoms with van der Waals surface area (Å²) >= 11 is 0. The standard InChI is InChI=1S/C20H26N4O/c21-20(23-14-12-16-7-2-1-3-8-16)24-15-17-9-6-13-22-19(17)25-18-10-4-5-11-18/h1-3,6-9,13,18H,4-5,10-12,14-15H2,(H3,21,23,24). The molecule has 0 unspecified atom stereocenters. The molecule has 1 fully saturated rings. The maximum absolute atomic E-state index is 6.04. The van der Waals surface area contributed by atoms with Crippen LogP contribution in [0.15, 0.2) is 53.7 Å². The molecule has 132 valence electrons. The van der Waals surface area contributed by atoms with Crippen molar-refractivity contribution in [2.24, 2.45) is 10.7 Å². The summed E-state index contributed by atoms with van der Waals surface area (Å²) in [5, 5.41) is 3.16. The summed E-state index contributed by atoms with van der Waals surface area (Å²) in [6.07, 6.45) is 7.68. The van der Waals surface area contributed by atoms with Crippen molar-refractivity contribution < 1.29 is 4.74 Å². The Balaban J connectivity index is 1.50. The number of benzene rings is 1. The molecule has 1 aliphatic rings. The van der Waals surface area contributed by atoms with E-state index in [9.17, 15) is 0 Å². The molecule has 0 aliphatic heterocycles. The number of nitrogens with one attached hydrogen (secondary N) is 1. The highest BCUT2D eigenvalue weighted by molar-refractivity contribution is 5.77. The van der Waals surface area contributed by atoms with Crippen molar-refractivity contribution >= 4 is 5.96 Å². The number of hydrogen-bond donors (Lipinski definition) is 2. The average molecular weight is 338 g/mol. The minimum absolute atomic E-state index is 0.291. The summed E-state index contributed by atoms with van der Waals surface area (Å²) in [7, 11) is 0. The van der Waals surface area contributed by atoms with Gasteiger partial charge in [-0.05, 0) is 43.7 Å². The lowest BCUT2D eigenvalue weighted by molar-refractivity contribution is 0.199.